The molecular weight excluding hydrogens is 699 g/mol. The molecule has 0 bridgehead atoms. The Kier molecular flexibility index (Phi) is 8.62. The van der Waals surface area contributed by atoms with Gasteiger partial charge in [-0.1, -0.05) is 17.7 Å². The van der Waals surface area contributed by atoms with Gasteiger partial charge in [-0.3, -0.25) is 4.90 Å². The smallest absolute Gasteiger partial charge is 0.234 e. The first-order chi connectivity index (χ1) is 24.6. The highest BCUT2D eigenvalue weighted by Crippen LogP contribution is 2.53. The third-order valence-corrected chi connectivity index (χ3v) is 12.8. The van der Waals surface area contributed by atoms with Gasteiger partial charge in [0, 0.05) is 42.5 Å². The summed E-state index contributed by atoms with van der Waals surface area (Å²) in [5.74, 6) is -1.33. The van der Waals surface area contributed by atoms with E-state index in [2.05, 4.69) is 34.9 Å². The third kappa shape index (κ3) is 5.35. The van der Waals surface area contributed by atoms with Crippen molar-refractivity contribution in [3.05, 3.63) is 39.9 Å². The predicted molar refractivity (Wildman–Crippen MR) is 192 cm³/mol. The monoisotopic (exact) mass is 735 g/mol. The summed E-state index contributed by atoms with van der Waals surface area (Å²) in [6, 6.07) is 7.32. The number of halogens is 4. The van der Waals surface area contributed by atoms with Crippen molar-refractivity contribution in [2.24, 2.45) is 0 Å². The summed E-state index contributed by atoms with van der Waals surface area (Å²) in [4.78, 5) is 11.2. The Morgan fingerprint density at radius 3 is 2.71 bits per heavy atom. The van der Waals surface area contributed by atoms with Crippen molar-refractivity contribution in [1.29, 1.82) is 10.5 Å². The fraction of sp³-hybridized carbons (Fsp3) is 0.486. The fourth-order valence-electron chi connectivity index (χ4n) is 8.96. The molecular formula is C37H37ClF3N7O2S. The number of hydrogen-bond donors (Lipinski definition) is 1. The molecule has 266 valence electrons. The van der Waals surface area contributed by atoms with Gasteiger partial charge in [-0.05, 0) is 70.8 Å². The molecule has 4 aromatic rings. The van der Waals surface area contributed by atoms with Crippen LogP contribution in [0.4, 0.5) is 23.9 Å². The number of nitrogen functional groups attached to an aromatic ring is 1. The zero-order valence-corrected chi connectivity index (χ0v) is 29.9. The lowest BCUT2D eigenvalue weighted by atomic mass is 9.94. The largest absolute Gasteiger partial charge is 0.491 e. The maximum atomic E-state index is 17.5. The van der Waals surface area contributed by atoms with Crippen LogP contribution in [0.1, 0.15) is 56.1 Å². The van der Waals surface area contributed by atoms with Crippen molar-refractivity contribution in [3.63, 3.8) is 0 Å². The Hall–Kier alpha value is -4.01. The maximum Gasteiger partial charge on any atom is 0.234 e. The van der Waals surface area contributed by atoms with Crippen molar-refractivity contribution in [1.82, 2.24) is 14.8 Å². The molecule has 1 aliphatic carbocycles. The summed E-state index contributed by atoms with van der Waals surface area (Å²) in [5, 5.41) is 21.3. The number of rotatable bonds is 6. The molecule has 4 aliphatic rings. The Morgan fingerprint density at radius 2 is 1.96 bits per heavy atom. The SMILES string of the molecule is CN(C)C1CCC(N2CCCOc3c(Cl)c(-c4ccc(F)c5sc(N)c(C#N)c45)c(F)c4nc(OCC56CCCN5C[C@H](F)C6)c(C#N)c2c34)C1. The highest BCUT2D eigenvalue weighted by Gasteiger charge is 2.49. The summed E-state index contributed by atoms with van der Waals surface area (Å²) >= 11 is 8.06. The second kappa shape index (κ2) is 12.9. The van der Waals surface area contributed by atoms with Crippen molar-refractivity contribution in [3.8, 4) is 34.9 Å². The van der Waals surface area contributed by atoms with Crippen molar-refractivity contribution in [2.45, 2.75) is 68.7 Å². The van der Waals surface area contributed by atoms with E-state index in [0.717, 1.165) is 50.0 Å². The van der Waals surface area contributed by atoms with E-state index in [1.165, 1.54) is 12.1 Å². The summed E-state index contributed by atoms with van der Waals surface area (Å²) < 4.78 is 60.2. The van der Waals surface area contributed by atoms with Crippen molar-refractivity contribution in [2.75, 3.05) is 57.6 Å². The Balaban J connectivity index is 1.39. The molecule has 0 spiro atoms. The predicted octanol–water partition coefficient (Wildman–Crippen LogP) is 7.40. The highest BCUT2D eigenvalue weighted by molar-refractivity contribution is 7.23. The molecule has 1 saturated carbocycles. The number of nitriles is 2. The van der Waals surface area contributed by atoms with Gasteiger partial charge >= 0.3 is 0 Å². The number of benzene rings is 2. The molecule has 2 aromatic carbocycles. The Bertz CT molecular complexity index is 2170. The molecule has 2 aromatic heterocycles. The van der Waals surface area contributed by atoms with Gasteiger partial charge in [0.25, 0.3) is 0 Å². The topological polar surface area (TPSA) is 115 Å². The molecule has 3 aliphatic heterocycles. The van der Waals surface area contributed by atoms with E-state index in [9.17, 15) is 14.9 Å². The van der Waals surface area contributed by atoms with Gasteiger partial charge in [-0.25, -0.2) is 18.2 Å². The zero-order chi connectivity index (χ0) is 35.8. The first-order valence-electron chi connectivity index (χ1n) is 17.3. The third-order valence-electron chi connectivity index (χ3n) is 11.4. The van der Waals surface area contributed by atoms with Crippen LogP contribution in [-0.4, -0.2) is 85.5 Å². The first-order valence-corrected chi connectivity index (χ1v) is 18.5. The number of hydrogen-bond acceptors (Lipinski definition) is 10. The van der Waals surface area contributed by atoms with Crippen LogP contribution in [0.3, 0.4) is 0 Å². The second-order valence-electron chi connectivity index (χ2n) is 14.4. The van der Waals surface area contributed by atoms with E-state index >= 15 is 8.78 Å². The first kappa shape index (κ1) is 34.1. The number of thiophene rings is 1. The average molecular weight is 736 g/mol. The van der Waals surface area contributed by atoms with Crippen LogP contribution >= 0.6 is 22.9 Å². The van der Waals surface area contributed by atoms with Gasteiger partial charge in [0.15, 0.2) is 5.82 Å². The molecule has 9 nitrogen and oxygen atoms in total. The Labute approximate surface area is 302 Å². The normalized spacial score (nSPS) is 24.8. The highest BCUT2D eigenvalue weighted by atomic mass is 35.5. The van der Waals surface area contributed by atoms with Gasteiger partial charge < -0.3 is 25.0 Å². The molecule has 2 N–H and O–H groups in total. The van der Waals surface area contributed by atoms with Crippen LogP contribution in [0, 0.1) is 34.3 Å². The van der Waals surface area contributed by atoms with E-state index in [1.54, 1.807) is 0 Å². The molecule has 4 atom stereocenters. The van der Waals surface area contributed by atoms with Gasteiger partial charge in [0.05, 0.1) is 38.5 Å². The average Bonchev–Trinajstić information content (AvgIpc) is 3.87. The molecule has 5 heterocycles. The molecule has 8 rings (SSSR count). The molecule has 2 saturated heterocycles. The lowest BCUT2D eigenvalue weighted by Crippen LogP contribution is -2.43. The second-order valence-corrected chi connectivity index (χ2v) is 15.8. The van der Waals surface area contributed by atoms with Crippen LogP contribution < -0.4 is 20.1 Å². The molecule has 0 amide bonds. The van der Waals surface area contributed by atoms with Crippen LogP contribution in [0.5, 0.6) is 11.6 Å². The lowest BCUT2D eigenvalue weighted by molar-refractivity contribution is 0.110. The number of aromatic nitrogens is 1. The molecule has 3 fully saturated rings. The minimum Gasteiger partial charge on any atom is -0.491 e. The number of ether oxygens (including phenoxy) is 2. The minimum atomic E-state index is -0.983. The molecule has 14 heteroatoms. The fourth-order valence-corrected chi connectivity index (χ4v) is 10.2. The van der Waals surface area contributed by atoms with Gasteiger partial charge in [0.1, 0.15) is 52.6 Å². The summed E-state index contributed by atoms with van der Waals surface area (Å²) in [6.07, 6.45) is 4.22. The Morgan fingerprint density at radius 1 is 1.16 bits per heavy atom. The van der Waals surface area contributed by atoms with E-state index in [1.807, 2.05) is 6.07 Å². The van der Waals surface area contributed by atoms with E-state index < -0.39 is 23.3 Å². The number of nitrogens with zero attached hydrogens (tertiary/aromatic N) is 6. The molecule has 0 radical (unpaired) electrons. The number of anilines is 2. The van der Waals surface area contributed by atoms with Gasteiger partial charge in [0.2, 0.25) is 5.88 Å². The van der Waals surface area contributed by atoms with Crippen molar-refractivity contribution < 1.29 is 22.6 Å². The van der Waals surface area contributed by atoms with Gasteiger partial charge in [-0.15, -0.1) is 11.3 Å². The van der Waals surface area contributed by atoms with E-state index in [0.29, 0.717) is 37.7 Å². The lowest BCUT2D eigenvalue weighted by Gasteiger charge is -2.36. The molecule has 3 unspecified atom stereocenters. The van der Waals surface area contributed by atoms with E-state index in [-0.39, 0.29) is 84.2 Å². The van der Waals surface area contributed by atoms with Crippen LogP contribution in [0.15, 0.2) is 12.1 Å². The van der Waals surface area contributed by atoms with Crippen molar-refractivity contribution >= 4 is 54.6 Å². The maximum absolute atomic E-state index is 17.5. The quantitative estimate of drug-likeness (QED) is 0.216. The van der Waals surface area contributed by atoms with E-state index in [4.69, 9.17) is 31.8 Å². The summed E-state index contributed by atoms with van der Waals surface area (Å²) in [7, 11) is 4.11. The standard InChI is InChI=1S/C37H37ClF3N7O2S/c1-46(2)20-5-6-21(13-20)48-11-4-12-49-33-28-31(30(41)27(29(33)38)22-7-8-25(40)34-26(22)23(15-42)35(44)51-34)45-36(24(16-43)32(28)48)50-18-37-9-3-10-47(37)17-19(39)14-37/h7-8,19-21H,3-6,9-14,17-18,44H2,1-2H3/t19-,20?,21?,37?/m1/s1. The summed E-state index contributed by atoms with van der Waals surface area (Å²) in [5.41, 5.74) is 6.12. The van der Waals surface area contributed by atoms with Crippen LogP contribution in [0.2, 0.25) is 5.02 Å². The van der Waals surface area contributed by atoms with Crippen LogP contribution in [-0.2, 0) is 0 Å². The summed E-state index contributed by atoms with van der Waals surface area (Å²) in [6.45, 7) is 1.98. The molecule has 51 heavy (non-hydrogen) atoms. The van der Waals surface area contributed by atoms with Gasteiger partial charge in [-0.2, -0.15) is 10.5 Å². The number of nitrogens with two attached hydrogens (primary N) is 1. The number of pyridine rings is 1. The zero-order valence-electron chi connectivity index (χ0n) is 28.4. The minimum absolute atomic E-state index is 0.0205. The number of alkyl halides is 1. The van der Waals surface area contributed by atoms with Crippen LogP contribution in [0.25, 0.3) is 32.1 Å². The number of fused-ring (bicyclic) bond motifs is 2.